The maximum atomic E-state index is 12.5. The largest absolute Gasteiger partial charge is 0.466 e. The molecule has 0 aromatic carbocycles. The Hall–Kier alpha value is -2.18. The maximum absolute atomic E-state index is 12.5. The monoisotopic (exact) mass is 1050 g/mol. The number of carbonyl (C=O) groups excluding carboxylic acids is 2. The predicted octanol–water partition coefficient (Wildman–Crippen LogP) is 21.3. The standard InChI is InChI=1S/C69H129NO5/c1-3-5-7-9-11-13-15-17-19-20-27-30-34-37-41-45-49-53-57-61-67(72)66(65-71)70-68(73)62-58-54-50-46-42-38-35-31-28-25-23-21-22-24-26-29-32-36-40-44-48-52-56-60-64-75-69(74)63-59-55-51-47-43-39-33-18-16-14-12-10-8-6-4-2/h12,14,18,23,25,33,57,61,66-67,71-72H,3-11,13,15-17,19-22,24,26-32,34-56,58-60,62-65H2,1-2H3,(H,70,73)/b14-12-,25-23-,33-18-,61-57+. The SMILES string of the molecule is CCCCC/C=C\C/C=C\CCCCCCCC(=O)OCCCCCCCCCCCCCC/C=C\CCCCCCCCCCC(=O)NC(CO)C(O)/C=C/CCCCCCCCCCCCCCCCCCC. The highest BCUT2D eigenvalue weighted by Crippen LogP contribution is 2.17. The molecular formula is C69H129NO5. The molecule has 0 aliphatic heterocycles. The number of allylic oxidation sites excluding steroid dienone is 7. The number of esters is 1. The second kappa shape index (κ2) is 64.3. The lowest BCUT2D eigenvalue weighted by Gasteiger charge is -2.20. The zero-order chi connectivity index (χ0) is 54.3. The van der Waals surface area contributed by atoms with Crippen LogP contribution in [0, 0.1) is 0 Å². The van der Waals surface area contributed by atoms with Gasteiger partial charge in [0.05, 0.1) is 25.4 Å². The third-order valence-electron chi connectivity index (χ3n) is 15.3. The van der Waals surface area contributed by atoms with Crippen molar-refractivity contribution in [1.82, 2.24) is 5.32 Å². The molecule has 0 radical (unpaired) electrons. The molecule has 6 heteroatoms. The molecule has 2 atom stereocenters. The number of nitrogens with one attached hydrogen (secondary N) is 1. The number of hydrogen-bond donors (Lipinski definition) is 3. The van der Waals surface area contributed by atoms with Crippen molar-refractivity contribution >= 4 is 11.9 Å². The molecule has 2 unspecified atom stereocenters. The van der Waals surface area contributed by atoms with Gasteiger partial charge in [0.25, 0.3) is 0 Å². The fraction of sp³-hybridized carbons (Fsp3) is 0.855. The Morgan fingerprint density at radius 3 is 1.05 bits per heavy atom. The van der Waals surface area contributed by atoms with Crippen LogP contribution in [0.3, 0.4) is 0 Å². The van der Waals surface area contributed by atoms with Gasteiger partial charge >= 0.3 is 5.97 Å². The van der Waals surface area contributed by atoms with Gasteiger partial charge in [0, 0.05) is 12.8 Å². The van der Waals surface area contributed by atoms with E-state index in [1.165, 1.54) is 276 Å². The summed E-state index contributed by atoms with van der Waals surface area (Å²) in [7, 11) is 0. The van der Waals surface area contributed by atoms with Crippen LogP contribution in [-0.4, -0.2) is 47.4 Å². The first-order valence-electron chi connectivity index (χ1n) is 33.4. The number of hydrogen-bond acceptors (Lipinski definition) is 5. The minimum Gasteiger partial charge on any atom is -0.466 e. The van der Waals surface area contributed by atoms with Gasteiger partial charge in [0.2, 0.25) is 5.91 Å². The number of ether oxygens (including phenoxy) is 1. The molecule has 6 nitrogen and oxygen atoms in total. The van der Waals surface area contributed by atoms with Crippen LogP contribution in [-0.2, 0) is 14.3 Å². The van der Waals surface area contributed by atoms with Gasteiger partial charge < -0.3 is 20.3 Å². The molecule has 3 N–H and O–H groups in total. The van der Waals surface area contributed by atoms with E-state index < -0.39 is 12.1 Å². The molecule has 440 valence electrons. The first-order valence-corrected chi connectivity index (χ1v) is 33.4. The highest BCUT2D eigenvalue weighted by molar-refractivity contribution is 5.76. The van der Waals surface area contributed by atoms with Crippen molar-refractivity contribution in [3.05, 3.63) is 48.6 Å². The Kier molecular flexibility index (Phi) is 62.5. The number of carbonyl (C=O) groups is 2. The highest BCUT2D eigenvalue weighted by atomic mass is 16.5. The van der Waals surface area contributed by atoms with Crippen molar-refractivity contribution in [2.75, 3.05) is 13.2 Å². The third-order valence-corrected chi connectivity index (χ3v) is 15.3. The summed E-state index contributed by atoms with van der Waals surface area (Å²) < 4.78 is 5.48. The molecule has 75 heavy (non-hydrogen) atoms. The van der Waals surface area contributed by atoms with Crippen molar-refractivity contribution in [1.29, 1.82) is 0 Å². The predicted molar refractivity (Wildman–Crippen MR) is 329 cm³/mol. The van der Waals surface area contributed by atoms with E-state index in [9.17, 15) is 19.8 Å². The van der Waals surface area contributed by atoms with E-state index in [1.807, 2.05) is 6.08 Å². The lowest BCUT2D eigenvalue weighted by molar-refractivity contribution is -0.143. The van der Waals surface area contributed by atoms with E-state index >= 15 is 0 Å². The summed E-state index contributed by atoms with van der Waals surface area (Å²) in [5.74, 6) is -0.0725. The summed E-state index contributed by atoms with van der Waals surface area (Å²) in [6.45, 7) is 4.89. The van der Waals surface area contributed by atoms with Crippen LogP contribution in [0.5, 0.6) is 0 Å². The number of amides is 1. The second-order valence-corrected chi connectivity index (χ2v) is 22.8. The van der Waals surface area contributed by atoms with E-state index in [4.69, 9.17) is 4.74 Å². The second-order valence-electron chi connectivity index (χ2n) is 22.8. The van der Waals surface area contributed by atoms with Gasteiger partial charge in [-0.25, -0.2) is 0 Å². The van der Waals surface area contributed by atoms with Gasteiger partial charge in [-0.3, -0.25) is 9.59 Å². The molecule has 0 aliphatic carbocycles. The van der Waals surface area contributed by atoms with E-state index in [0.717, 1.165) is 51.4 Å². The van der Waals surface area contributed by atoms with E-state index in [2.05, 4.69) is 55.6 Å². The molecule has 0 bridgehead atoms. The lowest BCUT2D eigenvalue weighted by Crippen LogP contribution is -2.45. The minimum atomic E-state index is -0.849. The lowest BCUT2D eigenvalue weighted by atomic mass is 10.0. The Balaban J connectivity index is 3.44. The van der Waals surface area contributed by atoms with Crippen LogP contribution in [0.15, 0.2) is 48.6 Å². The number of aliphatic hydroxyl groups excluding tert-OH is 2. The average Bonchev–Trinajstić information content (AvgIpc) is 3.41. The van der Waals surface area contributed by atoms with Gasteiger partial charge in [-0.05, 0) is 89.9 Å². The number of unbranched alkanes of at least 4 members (excludes halogenated alkanes) is 45. The molecule has 0 fully saturated rings. The zero-order valence-electron chi connectivity index (χ0n) is 50.3. The van der Waals surface area contributed by atoms with E-state index in [0.29, 0.717) is 19.4 Å². The Labute approximate surface area is 467 Å². The highest BCUT2D eigenvalue weighted by Gasteiger charge is 2.18. The van der Waals surface area contributed by atoms with Gasteiger partial charge in [-0.1, -0.05) is 300 Å². The normalized spacial score (nSPS) is 12.9. The van der Waals surface area contributed by atoms with Crippen LogP contribution < -0.4 is 5.32 Å². The Morgan fingerprint density at radius 1 is 0.373 bits per heavy atom. The summed E-state index contributed by atoms with van der Waals surface area (Å²) in [5, 5.41) is 23.2. The van der Waals surface area contributed by atoms with Crippen molar-refractivity contribution < 1.29 is 24.5 Å². The van der Waals surface area contributed by atoms with Crippen LogP contribution in [0.2, 0.25) is 0 Å². The third kappa shape index (κ3) is 60.9. The van der Waals surface area contributed by atoms with Crippen LogP contribution >= 0.6 is 0 Å². The van der Waals surface area contributed by atoms with Gasteiger partial charge in [-0.15, -0.1) is 0 Å². The van der Waals surface area contributed by atoms with Crippen molar-refractivity contribution in [2.24, 2.45) is 0 Å². The molecular weight excluding hydrogens is 923 g/mol. The summed E-state index contributed by atoms with van der Waals surface area (Å²) in [4.78, 5) is 24.6. The smallest absolute Gasteiger partial charge is 0.305 e. The molecule has 0 aliphatic rings. The van der Waals surface area contributed by atoms with E-state index in [1.54, 1.807) is 6.08 Å². The van der Waals surface area contributed by atoms with Gasteiger partial charge in [0.1, 0.15) is 0 Å². The van der Waals surface area contributed by atoms with Crippen molar-refractivity contribution in [3.63, 3.8) is 0 Å². The van der Waals surface area contributed by atoms with Gasteiger partial charge in [0.15, 0.2) is 0 Å². The molecule has 0 aromatic rings. The Bertz CT molecular complexity index is 1260. The number of aliphatic hydroxyl groups is 2. The van der Waals surface area contributed by atoms with E-state index in [-0.39, 0.29) is 18.5 Å². The van der Waals surface area contributed by atoms with Crippen LogP contribution in [0.25, 0.3) is 0 Å². The van der Waals surface area contributed by atoms with Gasteiger partial charge in [-0.2, -0.15) is 0 Å². The zero-order valence-corrected chi connectivity index (χ0v) is 50.3. The quantitative estimate of drug-likeness (QED) is 0.0320. The fourth-order valence-electron chi connectivity index (χ4n) is 10.2. The topological polar surface area (TPSA) is 95.9 Å². The van der Waals surface area contributed by atoms with Crippen LogP contribution in [0.1, 0.15) is 354 Å². The number of rotatable bonds is 62. The van der Waals surface area contributed by atoms with Crippen molar-refractivity contribution in [2.45, 2.75) is 366 Å². The molecule has 1 amide bonds. The van der Waals surface area contributed by atoms with Crippen molar-refractivity contribution in [3.8, 4) is 0 Å². The molecule has 0 saturated heterocycles. The molecule has 0 rings (SSSR count). The van der Waals surface area contributed by atoms with Crippen LogP contribution in [0.4, 0.5) is 0 Å². The molecule has 0 spiro atoms. The average molecular weight is 1050 g/mol. The minimum absolute atomic E-state index is 0.00200. The fourth-order valence-corrected chi connectivity index (χ4v) is 10.2. The summed E-state index contributed by atoms with van der Waals surface area (Å²) >= 11 is 0. The molecule has 0 heterocycles. The first kappa shape index (κ1) is 72.8. The molecule has 0 saturated carbocycles. The summed E-state index contributed by atoms with van der Waals surface area (Å²) in [6.07, 6.45) is 83.1. The maximum Gasteiger partial charge on any atom is 0.305 e. The Morgan fingerprint density at radius 2 is 0.667 bits per heavy atom. The first-order chi connectivity index (χ1) is 37.0. The molecule has 0 aromatic heterocycles. The summed E-state index contributed by atoms with van der Waals surface area (Å²) in [5.41, 5.74) is 0. The summed E-state index contributed by atoms with van der Waals surface area (Å²) in [6, 6.07) is -0.633.